The number of hydrogen-bond acceptors (Lipinski definition) is 6. The Morgan fingerprint density at radius 2 is 1.78 bits per heavy atom. The Kier molecular flexibility index (Phi) is 7.41. The molecule has 190 valence electrons. The number of piperazine rings is 1. The van der Waals surface area contributed by atoms with Crippen LogP contribution in [0.4, 0.5) is 11.5 Å². The van der Waals surface area contributed by atoms with E-state index >= 15 is 0 Å². The summed E-state index contributed by atoms with van der Waals surface area (Å²) in [6.45, 7) is 4.48. The average Bonchev–Trinajstić information content (AvgIpc) is 3.38. The Morgan fingerprint density at radius 1 is 1.00 bits per heavy atom. The second kappa shape index (κ2) is 11.0. The molecular formula is C28H35N5O3. The first-order valence-electron chi connectivity index (χ1n) is 12.8. The van der Waals surface area contributed by atoms with Gasteiger partial charge in [0.25, 0.3) is 5.91 Å². The van der Waals surface area contributed by atoms with Crippen LogP contribution in [-0.2, 0) is 12.8 Å². The summed E-state index contributed by atoms with van der Waals surface area (Å²) in [4.78, 5) is 17.9. The number of ether oxygens (including phenoxy) is 2. The van der Waals surface area contributed by atoms with Crippen molar-refractivity contribution in [2.24, 2.45) is 0 Å². The van der Waals surface area contributed by atoms with Gasteiger partial charge in [-0.2, -0.15) is 5.10 Å². The quantitative estimate of drug-likeness (QED) is 0.495. The number of rotatable bonds is 8. The number of nitrogens with one attached hydrogen (secondary N) is 2. The van der Waals surface area contributed by atoms with Crippen LogP contribution < -0.4 is 19.7 Å². The molecule has 0 saturated carbocycles. The highest BCUT2D eigenvalue weighted by Crippen LogP contribution is 2.26. The molecule has 3 heterocycles. The fourth-order valence-corrected chi connectivity index (χ4v) is 5.25. The molecule has 1 amide bonds. The minimum absolute atomic E-state index is 0.158. The maximum Gasteiger partial charge on any atom is 0.256 e. The molecule has 0 radical (unpaired) electrons. The van der Waals surface area contributed by atoms with Crippen molar-refractivity contribution in [2.45, 2.75) is 38.1 Å². The Bertz CT molecular complexity index is 1150. The van der Waals surface area contributed by atoms with Crippen molar-refractivity contribution < 1.29 is 14.3 Å². The van der Waals surface area contributed by atoms with Crippen LogP contribution in [0.3, 0.4) is 0 Å². The van der Waals surface area contributed by atoms with Gasteiger partial charge in [0.15, 0.2) is 5.82 Å². The molecule has 3 aromatic rings. The molecule has 2 aromatic carbocycles. The van der Waals surface area contributed by atoms with Crippen LogP contribution in [0.5, 0.6) is 11.5 Å². The van der Waals surface area contributed by atoms with Gasteiger partial charge in [0, 0.05) is 54.8 Å². The molecule has 5 rings (SSSR count). The number of aromatic nitrogens is 2. The van der Waals surface area contributed by atoms with E-state index in [0.29, 0.717) is 17.4 Å². The molecule has 1 atom stereocenters. The van der Waals surface area contributed by atoms with Crippen LogP contribution in [0.15, 0.2) is 48.5 Å². The van der Waals surface area contributed by atoms with Crippen molar-refractivity contribution in [1.29, 1.82) is 0 Å². The molecular weight excluding hydrogens is 454 g/mol. The minimum Gasteiger partial charge on any atom is -0.497 e. The number of carbonyl (C=O) groups is 1. The number of anilines is 2. The van der Waals surface area contributed by atoms with Crippen molar-refractivity contribution in [2.75, 3.05) is 50.6 Å². The van der Waals surface area contributed by atoms with Crippen LogP contribution in [0.25, 0.3) is 0 Å². The van der Waals surface area contributed by atoms with E-state index < -0.39 is 0 Å². The number of piperidine rings is 1. The summed E-state index contributed by atoms with van der Waals surface area (Å²) in [5.41, 5.74) is 3.87. The third-order valence-corrected chi connectivity index (χ3v) is 7.30. The van der Waals surface area contributed by atoms with Gasteiger partial charge in [-0.3, -0.25) is 14.8 Å². The number of fused-ring (bicyclic) bond motifs is 1. The molecule has 0 bridgehead atoms. The summed E-state index contributed by atoms with van der Waals surface area (Å²) in [6, 6.07) is 16.3. The number of hydrogen-bond donors (Lipinski definition) is 2. The Balaban J connectivity index is 1.15. The Labute approximate surface area is 212 Å². The van der Waals surface area contributed by atoms with Crippen molar-refractivity contribution in [3.05, 3.63) is 65.4 Å². The van der Waals surface area contributed by atoms with Gasteiger partial charge in [-0.05, 0) is 74.2 Å². The summed E-state index contributed by atoms with van der Waals surface area (Å²) in [5, 5.41) is 10.2. The van der Waals surface area contributed by atoms with E-state index in [1.807, 2.05) is 36.4 Å². The minimum atomic E-state index is -0.158. The first-order chi connectivity index (χ1) is 17.6. The summed E-state index contributed by atoms with van der Waals surface area (Å²) >= 11 is 0. The molecule has 2 aliphatic heterocycles. The number of H-pyrrole nitrogens is 1. The van der Waals surface area contributed by atoms with Crippen molar-refractivity contribution in [3.63, 3.8) is 0 Å². The third kappa shape index (κ3) is 5.65. The normalized spacial score (nSPS) is 17.9. The van der Waals surface area contributed by atoms with Crippen LogP contribution >= 0.6 is 0 Å². The summed E-state index contributed by atoms with van der Waals surface area (Å²) in [5.74, 6) is 1.90. The lowest BCUT2D eigenvalue weighted by Gasteiger charge is -2.45. The van der Waals surface area contributed by atoms with Gasteiger partial charge < -0.3 is 19.7 Å². The predicted octanol–water partition coefficient (Wildman–Crippen LogP) is 4.14. The highest BCUT2D eigenvalue weighted by molar-refractivity contribution is 6.03. The molecule has 2 aliphatic rings. The zero-order valence-electron chi connectivity index (χ0n) is 21.1. The van der Waals surface area contributed by atoms with E-state index in [1.54, 1.807) is 14.2 Å². The molecule has 1 unspecified atom stereocenters. The van der Waals surface area contributed by atoms with Crippen LogP contribution in [-0.4, -0.2) is 67.4 Å². The SMILES string of the molecule is COc1cc(CCc2cc(NC(=O)c3ccc(N4CCN5CCCCC5C4)cc3)n[nH]2)cc(OC)c1. The van der Waals surface area contributed by atoms with E-state index in [4.69, 9.17) is 9.47 Å². The average molecular weight is 490 g/mol. The number of aryl methyl sites for hydroxylation is 2. The molecule has 1 aromatic heterocycles. The highest BCUT2D eigenvalue weighted by Gasteiger charge is 2.28. The standard InChI is InChI=1S/C28H35N5O3/c1-35-25-15-20(16-26(18-25)36-2)6-9-22-17-27(31-30-22)29-28(34)21-7-10-23(11-8-21)33-14-13-32-12-4-3-5-24(32)19-33/h7-8,10-11,15-18,24H,3-6,9,12-14,19H2,1-2H3,(H2,29,30,31,34). The summed E-state index contributed by atoms with van der Waals surface area (Å²) in [7, 11) is 3.29. The van der Waals surface area contributed by atoms with Crippen molar-refractivity contribution in [1.82, 2.24) is 15.1 Å². The largest absolute Gasteiger partial charge is 0.497 e. The van der Waals surface area contributed by atoms with E-state index in [-0.39, 0.29) is 5.91 Å². The smallest absolute Gasteiger partial charge is 0.256 e. The monoisotopic (exact) mass is 489 g/mol. The van der Waals surface area contributed by atoms with Gasteiger partial charge in [-0.15, -0.1) is 0 Å². The molecule has 8 nitrogen and oxygen atoms in total. The fourth-order valence-electron chi connectivity index (χ4n) is 5.25. The van der Waals surface area contributed by atoms with Crippen LogP contribution in [0.1, 0.15) is 40.9 Å². The van der Waals surface area contributed by atoms with Crippen molar-refractivity contribution in [3.8, 4) is 11.5 Å². The number of amides is 1. The van der Waals surface area contributed by atoms with E-state index in [1.165, 1.54) is 31.5 Å². The topological polar surface area (TPSA) is 82.7 Å². The third-order valence-electron chi connectivity index (χ3n) is 7.30. The lowest BCUT2D eigenvalue weighted by molar-refractivity contribution is 0.102. The molecule has 0 spiro atoms. The maximum atomic E-state index is 12.8. The molecule has 2 fully saturated rings. The second-order valence-corrected chi connectivity index (χ2v) is 9.63. The molecule has 8 heteroatoms. The van der Waals surface area contributed by atoms with Crippen molar-refractivity contribution >= 4 is 17.4 Å². The molecule has 2 saturated heterocycles. The van der Waals surface area contributed by atoms with Gasteiger partial charge in [-0.25, -0.2) is 0 Å². The number of benzene rings is 2. The fraction of sp³-hybridized carbons (Fsp3) is 0.429. The predicted molar refractivity (Wildman–Crippen MR) is 141 cm³/mol. The van der Waals surface area contributed by atoms with Gasteiger partial charge in [0.05, 0.1) is 14.2 Å². The highest BCUT2D eigenvalue weighted by atomic mass is 16.5. The summed E-state index contributed by atoms with van der Waals surface area (Å²) < 4.78 is 10.7. The van der Waals surface area contributed by atoms with Crippen LogP contribution in [0, 0.1) is 0 Å². The summed E-state index contributed by atoms with van der Waals surface area (Å²) in [6.07, 6.45) is 5.49. The van der Waals surface area contributed by atoms with Gasteiger partial charge in [0.1, 0.15) is 11.5 Å². The zero-order valence-corrected chi connectivity index (χ0v) is 21.1. The Morgan fingerprint density at radius 3 is 2.53 bits per heavy atom. The number of aromatic amines is 1. The number of methoxy groups -OCH3 is 2. The van der Waals surface area contributed by atoms with Gasteiger partial charge in [-0.1, -0.05) is 6.42 Å². The Hall–Kier alpha value is -3.52. The maximum absolute atomic E-state index is 12.8. The lowest BCUT2D eigenvalue weighted by atomic mass is 9.99. The molecule has 0 aliphatic carbocycles. The first-order valence-corrected chi connectivity index (χ1v) is 12.8. The van der Waals surface area contributed by atoms with Crippen LogP contribution in [0.2, 0.25) is 0 Å². The molecule has 36 heavy (non-hydrogen) atoms. The van der Waals surface area contributed by atoms with Gasteiger partial charge >= 0.3 is 0 Å². The number of carbonyl (C=O) groups excluding carboxylic acids is 1. The lowest BCUT2D eigenvalue weighted by Crippen LogP contribution is -2.54. The van der Waals surface area contributed by atoms with Gasteiger partial charge in [0.2, 0.25) is 0 Å². The van der Waals surface area contributed by atoms with E-state index in [9.17, 15) is 4.79 Å². The molecule has 2 N–H and O–H groups in total. The van der Waals surface area contributed by atoms with E-state index in [0.717, 1.165) is 55.2 Å². The second-order valence-electron chi connectivity index (χ2n) is 9.63. The number of nitrogens with zero attached hydrogens (tertiary/aromatic N) is 3. The zero-order chi connectivity index (χ0) is 24.9. The van der Waals surface area contributed by atoms with E-state index in [2.05, 4.69) is 37.4 Å². The first kappa shape index (κ1) is 24.2.